The van der Waals surface area contributed by atoms with Crippen molar-refractivity contribution in [3.05, 3.63) is 89.0 Å². The van der Waals surface area contributed by atoms with E-state index in [1.807, 2.05) is 13.8 Å². The average Bonchev–Trinajstić information content (AvgIpc) is 3.14. The van der Waals surface area contributed by atoms with Gasteiger partial charge in [-0.2, -0.15) is 0 Å². The smallest absolute Gasteiger partial charge is 0.300 e. The van der Waals surface area contributed by atoms with E-state index in [-0.39, 0.29) is 22.9 Å². The number of aliphatic hydroxyl groups excluding tert-OH is 1. The maximum Gasteiger partial charge on any atom is 0.300 e. The largest absolute Gasteiger partial charge is 0.507 e. The number of methoxy groups -OCH3 is 1. The summed E-state index contributed by atoms with van der Waals surface area (Å²) in [6.45, 7) is 5.82. The zero-order chi connectivity index (χ0) is 27.6. The number of anilines is 1. The molecule has 38 heavy (non-hydrogen) atoms. The number of amides is 1. The highest BCUT2D eigenvalue weighted by Gasteiger charge is 2.48. The van der Waals surface area contributed by atoms with Crippen molar-refractivity contribution in [2.45, 2.75) is 32.9 Å². The van der Waals surface area contributed by atoms with Gasteiger partial charge in [0.15, 0.2) is 11.5 Å². The van der Waals surface area contributed by atoms with E-state index < -0.39 is 35.1 Å². The molecule has 9 heteroatoms. The number of carbonyl (C=O) groups is 2. The Balaban J connectivity index is 1.92. The number of Topliss-reactive ketones (excluding diaryl/α,β-unsaturated/α-hetero) is 1. The number of ether oxygens (including phenoxy) is 3. The molecule has 198 valence electrons. The molecule has 3 aromatic carbocycles. The van der Waals surface area contributed by atoms with E-state index in [0.717, 1.165) is 17.0 Å². The van der Waals surface area contributed by atoms with Crippen LogP contribution in [0.1, 0.15) is 37.9 Å². The SMILES string of the molecule is CCOc1cc(C2/C(=C(\O)c3ccc(OC(C)C)cc3)C(=O)C(=O)N2c2ccc(F)cc2F)ccc1OC. The second kappa shape index (κ2) is 10.9. The van der Waals surface area contributed by atoms with E-state index in [9.17, 15) is 23.5 Å². The third-order valence-corrected chi connectivity index (χ3v) is 5.92. The Bertz CT molecular complexity index is 1400. The third-order valence-electron chi connectivity index (χ3n) is 5.92. The lowest BCUT2D eigenvalue weighted by atomic mass is 9.94. The summed E-state index contributed by atoms with van der Waals surface area (Å²) in [7, 11) is 1.46. The topological polar surface area (TPSA) is 85.3 Å². The number of benzene rings is 3. The molecule has 1 fully saturated rings. The fourth-order valence-corrected chi connectivity index (χ4v) is 4.32. The van der Waals surface area contributed by atoms with Crippen molar-refractivity contribution in [1.82, 2.24) is 0 Å². The molecule has 0 aromatic heterocycles. The molecule has 0 radical (unpaired) electrons. The first-order chi connectivity index (χ1) is 18.2. The molecule has 0 bridgehead atoms. The summed E-state index contributed by atoms with van der Waals surface area (Å²) in [5.41, 5.74) is 0.0246. The minimum atomic E-state index is -1.24. The summed E-state index contributed by atoms with van der Waals surface area (Å²) in [5.74, 6) is -3.14. The van der Waals surface area contributed by atoms with Crippen LogP contribution in [-0.4, -0.2) is 36.6 Å². The first-order valence-electron chi connectivity index (χ1n) is 12.0. The molecule has 0 spiro atoms. The molecule has 1 amide bonds. The van der Waals surface area contributed by atoms with Crippen molar-refractivity contribution in [2.24, 2.45) is 0 Å². The van der Waals surface area contributed by atoms with Crippen molar-refractivity contribution >= 4 is 23.1 Å². The van der Waals surface area contributed by atoms with E-state index in [2.05, 4.69) is 0 Å². The number of hydrogen-bond donors (Lipinski definition) is 1. The Hall–Kier alpha value is -4.40. The van der Waals surface area contributed by atoms with Gasteiger partial charge in [0, 0.05) is 11.6 Å². The van der Waals surface area contributed by atoms with Crippen LogP contribution in [0.4, 0.5) is 14.5 Å². The molecule has 1 atom stereocenters. The molecule has 3 aromatic rings. The minimum Gasteiger partial charge on any atom is -0.507 e. The van der Waals surface area contributed by atoms with Gasteiger partial charge in [0.25, 0.3) is 11.7 Å². The van der Waals surface area contributed by atoms with Crippen molar-refractivity contribution in [3.63, 3.8) is 0 Å². The third kappa shape index (κ3) is 5.04. The van der Waals surface area contributed by atoms with Gasteiger partial charge in [-0.3, -0.25) is 14.5 Å². The van der Waals surface area contributed by atoms with Crippen LogP contribution in [0, 0.1) is 11.6 Å². The Morgan fingerprint density at radius 3 is 2.32 bits per heavy atom. The summed E-state index contributed by atoms with van der Waals surface area (Å²) in [5, 5.41) is 11.3. The molecule has 1 aliphatic heterocycles. The fraction of sp³-hybridized carbons (Fsp3) is 0.241. The van der Waals surface area contributed by atoms with Gasteiger partial charge in [-0.15, -0.1) is 0 Å². The predicted molar refractivity (Wildman–Crippen MR) is 138 cm³/mol. The first-order valence-corrected chi connectivity index (χ1v) is 12.0. The van der Waals surface area contributed by atoms with Gasteiger partial charge in [0.2, 0.25) is 0 Å². The van der Waals surface area contributed by atoms with E-state index in [1.54, 1.807) is 49.4 Å². The monoisotopic (exact) mass is 523 g/mol. The van der Waals surface area contributed by atoms with Gasteiger partial charge < -0.3 is 19.3 Å². The Labute approximate surface area is 218 Å². The zero-order valence-electron chi connectivity index (χ0n) is 21.3. The molecule has 1 aliphatic rings. The van der Waals surface area contributed by atoms with Crippen LogP contribution in [0.3, 0.4) is 0 Å². The van der Waals surface area contributed by atoms with Crippen LogP contribution in [-0.2, 0) is 9.59 Å². The number of hydrogen-bond acceptors (Lipinski definition) is 6. The van der Waals surface area contributed by atoms with Crippen LogP contribution < -0.4 is 19.1 Å². The van der Waals surface area contributed by atoms with Crippen molar-refractivity contribution in [1.29, 1.82) is 0 Å². The van der Waals surface area contributed by atoms with Gasteiger partial charge in [0.1, 0.15) is 23.1 Å². The highest BCUT2D eigenvalue weighted by Crippen LogP contribution is 2.45. The lowest BCUT2D eigenvalue weighted by Crippen LogP contribution is -2.30. The fourth-order valence-electron chi connectivity index (χ4n) is 4.32. The maximum absolute atomic E-state index is 14.9. The molecule has 7 nitrogen and oxygen atoms in total. The van der Waals surface area contributed by atoms with Crippen LogP contribution in [0.15, 0.2) is 66.2 Å². The van der Waals surface area contributed by atoms with Crippen LogP contribution in [0.2, 0.25) is 0 Å². The molecule has 0 aliphatic carbocycles. The molecule has 1 unspecified atom stereocenters. The van der Waals surface area contributed by atoms with Crippen molar-refractivity contribution in [3.8, 4) is 17.2 Å². The Morgan fingerprint density at radius 1 is 1.00 bits per heavy atom. The first kappa shape index (κ1) is 26.7. The maximum atomic E-state index is 14.9. The van der Waals surface area contributed by atoms with E-state index in [1.165, 1.54) is 7.11 Å². The van der Waals surface area contributed by atoms with E-state index in [4.69, 9.17) is 14.2 Å². The summed E-state index contributed by atoms with van der Waals surface area (Å²) in [6.07, 6.45) is -0.0695. The van der Waals surface area contributed by atoms with Crippen LogP contribution >= 0.6 is 0 Å². The summed E-state index contributed by atoms with van der Waals surface area (Å²) >= 11 is 0. The quantitative estimate of drug-likeness (QED) is 0.229. The predicted octanol–water partition coefficient (Wildman–Crippen LogP) is 5.79. The van der Waals surface area contributed by atoms with E-state index >= 15 is 0 Å². The molecule has 1 heterocycles. The number of ketones is 1. The minimum absolute atomic E-state index is 0.0695. The number of nitrogens with zero attached hydrogens (tertiary/aromatic N) is 1. The Kier molecular flexibility index (Phi) is 7.66. The highest BCUT2D eigenvalue weighted by molar-refractivity contribution is 6.51. The number of aliphatic hydroxyl groups is 1. The molecule has 0 saturated carbocycles. The van der Waals surface area contributed by atoms with Crippen molar-refractivity contribution in [2.75, 3.05) is 18.6 Å². The Morgan fingerprint density at radius 2 is 1.71 bits per heavy atom. The van der Waals surface area contributed by atoms with Crippen LogP contribution in [0.25, 0.3) is 5.76 Å². The number of rotatable bonds is 8. The van der Waals surface area contributed by atoms with Gasteiger partial charge in [0.05, 0.1) is 37.1 Å². The zero-order valence-corrected chi connectivity index (χ0v) is 21.3. The normalized spacial score (nSPS) is 16.7. The van der Waals surface area contributed by atoms with Gasteiger partial charge >= 0.3 is 0 Å². The van der Waals surface area contributed by atoms with Gasteiger partial charge in [-0.05, 0) is 74.9 Å². The second-order valence-electron chi connectivity index (χ2n) is 8.80. The van der Waals surface area contributed by atoms with E-state index in [0.29, 0.717) is 35.5 Å². The molecule has 4 rings (SSSR count). The lowest BCUT2D eigenvalue weighted by Gasteiger charge is -2.26. The average molecular weight is 524 g/mol. The molecular weight excluding hydrogens is 496 g/mol. The number of carbonyl (C=O) groups excluding carboxylic acids is 2. The van der Waals surface area contributed by atoms with Gasteiger partial charge in [-0.1, -0.05) is 6.07 Å². The highest BCUT2D eigenvalue weighted by atomic mass is 19.1. The van der Waals surface area contributed by atoms with Crippen LogP contribution in [0.5, 0.6) is 17.2 Å². The second-order valence-corrected chi connectivity index (χ2v) is 8.80. The molecule has 1 N–H and O–H groups in total. The molecule has 1 saturated heterocycles. The molecular formula is C29H27F2NO6. The summed E-state index contributed by atoms with van der Waals surface area (Å²) in [4.78, 5) is 27.5. The summed E-state index contributed by atoms with van der Waals surface area (Å²) in [6, 6.07) is 12.5. The number of halogens is 2. The standard InChI is InChI=1S/C29H27F2NO6/c1-5-37-24-14-18(8-13-23(24)36-4)26-25(27(33)17-6-10-20(11-7-17)38-16(2)3)28(34)29(35)32(26)22-12-9-19(30)15-21(22)31/h6-16,26,33H,5H2,1-4H3/b27-25+. The van der Waals surface area contributed by atoms with Gasteiger partial charge in [-0.25, -0.2) is 8.78 Å². The summed E-state index contributed by atoms with van der Waals surface area (Å²) < 4.78 is 45.2. The lowest BCUT2D eigenvalue weighted by molar-refractivity contribution is -0.132. The van der Waals surface area contributed by atoms with Crippen molar-refractivity contribution < 1.29 is 37.7 Å².